The van der Waals surface area contributed by atoms with Gasteiger partial charge in [-0.2, -0.15) is 0 Å². The number of nitrogens with one attached hydrogen (secondary N) is 1. The lowest BCUT2D eigenvalue weighted by molar-refractivity contribution is 0.900. The predicted octanol–water partition coefficient (Wildman–Crippen LogP) is 1.63. The van der Waals surface area contributed by atoms with Gasteiger partial charge in [0.05, 0.1) is 6.04 Å². The van der Waals surface area contributed by atoms with Crippen molar-refractivity contribution in [2.45, 2.75) is 6.04 Å². The molecule has 0 aliphatic carbocycles. The van der Waals surface area contributed by atoms with Gasteiger partial charge in [-0.25, -0.2) is 0 Å². The number of nitrogens with two attached hydrogens (primary N) is 1. The molecule has 56 valence electrons. The summed E-state index contributed by atoms with van der Waals surface area (Å²) in [5.74, 6) is 0. The highest BCUT2D eigenvalue weighted by molar-refractivity contribution is 5.57. The molecule has 1 aliphatic rings. The normalized spacial score (nSPS) is 20.6. The summed E-state index contributed by atoms with van der Waals surface area (Å²) >= 11 is 0. The summed E-state index contributed by atoms with van der Waals surface area (Å²) in [6.45, 7) is 0. The van der Waals surface area contributed by atoms with Crippen molar-refractivity contribution < 1.29 is 0 Å². The van der Waals surface area contributed by atoms with E-state index in [0.717, 1.165) is 11.3 Å². The SMILES string of the molecule is NC1C=CNc2ccccc21. The second-order valence-corrected chi connectivity index (χ2v) is 2.62. The third-order valence-electron chi connectivity index (χ3n) is 1.86. The van der Waals surface area contributed by atoms with E-state index in [4.69, 9.17) is 5.73 Å². The lowest BCUT2D eigenvalue weighted by Gasteiger charge is -2.17. The molecule has 1 aromatic carbocycles. The number of fused-ring (bicyclic) bond motifs is 1. The van der Waals surface area contributed by atoms with E-state index < -0.39 is 0 Å². The minimum absolute atomic E-state index is 0.0486. The first-order valence-electron chi connectivity index (χ1n) is 3.65. The summed E-state index contributed by atoms with van der Waals surface area (Å²) in [7, 11) is 0. The summed E-state index contributed by atoms with van der Waals surface area (Å²) in [5, 5.41) is 3.13. The molecule has 0 fully saturated rings. The second kappa shape index (κ2) is 2.40. The molecule has 2 nitrogen and oxygen atoms in total. The zero-order valence-electron chi connectivity index (χ0n) is 6.12. The van der Waals surface area contributed by atoms with E-state index in [1.807, 2.05) is 36.5 Å². The molecule has 0 bridgehead atoms. The van der Waals surface area contributed by atoms with Gasteiger partial charge < -0.3 is 11.1 Å². The van der Waals surface area contributed by atoms with Crippen LogP contribution in [0.15, 0.2) is 36.5 Å². The van der Waals surface area contributed by atoms with E-state index in [2.05, 4.69) is 5.32 Å². The van der Waals surface area contributed by atoms with Crippen LogP contribution in [-0.2, 0) is 0 Å². The summed E-state index contributed by atoms with van der Waals surface area (Å²) in [6.07, 6.45) is 3.83. The maximum absolute atomic E-state index is 5.82. The summed E-state index contributed by atoms with van der Waals surface area (Å²) < 4.78 is 0. The largest absolute Gasteiger partial charge is 0.362 e. The Bertz CT molecular complexity index is 291. The van der Waals surface area contributed by atoms with Crippen molar-refractivity contribution >= 4 is 5.69 Å². The van der Waals surface area contributed by atoms with Crippen LogP contribution in [0.1, 0.15) is 11.6 Å². The van der Waals surface area contributed by atoms with Gasteiger partial charge in [0.2, 0.25) is 0 Å². The Morgan fingerprint density at radius 3 is 2.91 bits per heavy atom. The Morgan fingerprint density at radius 2 is 2.09 bits per heavy atom. The molecular weight excluding hydrogens is 136 g/mol. The lowest BCUT2D eigenvalue weighted by Crippen LogP contribution is -2.13. The molecule has 1 atom stereocenters. The molecular formula is C9H10N2. The number of rotatable bonds is 0. The molecule has 1 unspecified atom stereocenters. The van der Waals surface area contributed by atoms with Gasteiger partial charge >= 0.3 is 0 Å². The minimum atomic E-state index is 0.0486. The first-order valence-corrected chi connectivity index (χ1v) is 3.65. The van der Waals surface area contributed by atoms with Crippen LogP contribution in [-0.4, -0.2) is 0 Å². The molecule has 2 rings (SSSR count). The number of para-hydroxylation sites is 1. The number of benzene rings is 1. The van der Waals surface area contributed by atoms with Crippen molar-refractivity contribution in [1.82, 2.24) is 0 Å². The monoisotopic (exact) mass is 146 g/mol. The van der Waals surface area contributed by atoms with Crippen molar-refractivity contribution in [2.24, 2.45) is 5.73 Å². The molecule has 0 aromatic heterocycles. The van der Waals surface area contributed by atoms with Crippen molar-refractivity contribution in [3.8, 4) is 0 Å². The smallest absolute Gasteiger partial charge is 0.0518 e. The van der Waals surface area contributed by atoms with Crippen LogP contribution in [0.5, 0.6) is 0 Å². The molecule has 1 aliphatic heterocycles. The van der Waals surface area contributed by atoms with Gasteiger partial charge in [-0.05, 0) is 23.9 Å². The quantitative estimate of drug-likeness (QED) is 0.583. The molecule has 0 spiro atoms. The zero-order valence-corrected chi connectivity index (χ0v) is 6.12. The van der Waals surface area contributed by atoms with E-state index in [1.165, 1.54) is 0 Å². The Balaban J connectivity index is 2.50. The third kappa shape index (κ3) is 1.01. The minimum Gasteiger partial charge on any atom is -0.362 e. The van der Waals surface area contributed by atoms with E-state index in [9.17, 15) is 0 Å². The van der Waals surface area contributed by atoms with Crippen LogP contribution in [0.3, 0.4) is 0 Å². The van der Waals surface area contributed by atoms with E-state index in [-0.39, 0.29) is 6.04 Å². The van der Waals surface area contributed by atoms with Gasteiger partial charge in [0, 0.05) is 5.69 Å². The average molecular weight is 146 g/mol. The lowest BCUT2D eigenvalue weighted by atomic mass is 10.0. The first-order chi connectivity index (χ1) is 5.38. The highest BCUT2D eigenvalue weighted by Gasteiger charge is 2.09. The van der Waals surface area contributed by atoms with Crippen molar-refractivity contribution in [2.75, 3.05) is 5.32 Å². The average Bonchev–Trinajstić information content (AvgIpc) is 2.06. The fourth-order valence-electron chi connectivity index (χ4n) is 1.26. The topological polar surface area (TPSA) is 38.0 Å². The summed E-state index contributed by atoms with van der Waals surface area (Å²) in [6, 6.07) is 8.11. The standard InChI is InChI=1S/C9H10N2/c10-8-5-6-11-9-4-2-1-3-7(8)9/h1-6,8,11H,10H2. The van der Waals surface area contributed by atoms with Gasteiger partial charge in [0.25, 0.3) is 0 Å². The molecule has 2 heteroatoms. The Hall–Kier alpha value is -1.28. The van der Waals surface area contributed by atoms with Gasteiger partial charge in [0.15, 0.2) is 0 Å². The molecule has 0 saturated carbocycles. The molecule has 1 heterocycles. The van der Waals surface area contributed by atoms with Crippen LogP contribution in [0.25, 0.3) is 0 Å². The van der Waals surface area contributed by atoms with Crippen molar-refractivity contribution in [3.05, 3.63) is 42.1 Å². The van der Waals surface area contributed by atoms with Crippen LogP contribution in [0, 0.1) is 0 Å². The molecule has 0 radical (unpaired) electrons. The summed E-state index contributed by atoms with van der Waals surface area (Å²) in [4.78, 5) is 0. The van der Waals surface area contributed by atoms with Crippen LogP contribution in [0.4, 0.5) is 5.69 Å². The Morgan fingerprint density at radius 1 is 1.27 bits per heavy atom. The van der Waals surface area contributed by atoms with Gasteiger partial charge in [0.1, 0.15) is 0 Å². The van der Waals surface area contributed by atoms with Gasteiger partial charge in [-0.1, -0.05) is 18.2 Å². The van der Waals surface area contributed by atoms with E-state index in [0.29, 0.717) is 0 Å². The molecule has 3 N–H and O–H groups in total. The molecule has 11 heavy (non-hydrogen) atoms. The van der Waals surface area contributed by atoms with Crippen molar-refractivity contribution in [3.63, 3.8) is 0 Å². The maximum atomic E-state index is 5.82. The highest BCUT2D eigenvalue weighted by atomic mass is 14.9. The van der Waals surface area contributed by atoms with Gasteiger partial charge in [-0.3, -0.25) is 0 Å². The fraction of sp³-hybridized carbons (Fsp3) is 0.111. The zero-order chi connectivity index (χ0) is 7.68. The van der Waals surface area contributed by atoms with Crippen LogP contribution < -0.4 is 11.1 Å². The third-order valence-corrected chi connectivity index (χ3v) is 1.86. The first kappa shape index (κ1) is 6.43. The Kier molecular flexibility index (Phi) is 1.40. The Labute approximate surface area is 65.7 Å². The van der Waals surface area contributed by atoms with Gasteiger partial charge in [-0.15, -0.1) is 0 Å². The van der Waals surface area contributed by atoms with E-state index >= 15 is 0 Å². The number of anilines is 1. The molecule has 1 aromatic rings. The van der Waals surface area contributed by atoms with Crippen LogP contribution in [0.2, 0.25) is 0 Å². The number of hydrogen-bond donors (Lipinski definition) is 2. The van der Waals surface area contributed by atoms with Crippen molar-refractivity contribution in [1.29, 1.82) is 0 Å². The summed E-state index contributed by atoms with van der Waals surface area (Å²) in [5.41, 5.74) is 8.09. The maximum Gasteiger partial charge on any atom is 0.0518 e. The molecule has 0 amide bonds. The van der Waals surface area contributed by atoms with Crippen LogP contribution >= 0.6 is 0 Å². The fourth-order valence-corrected chi connectivity index (χ4v) is 1.26. The molecule has 0 saturated heterocycles. The second-order valence-electron chi connectivity index (χ2n) is 2.62. The predicted molar refractivity (Wildman–Crippen MR) is 46.1 cm³/mol. The highest BCUT2D eigenvalue weighted by Crippen LogP contribution is 2.24. The van der Waals surface area contributed by atoms with E-state index in [1.54, 1.807) is 0 Å². The number of hydrogen-bond acceptors (Lipinski definition) is 2.